The minimum absolute atomic E-state index is 0.0148. The number of carbonyl (C=O) groups is 2. The van der Waals surface area contributed by atoms with E-state index in [1.54, 1.807) is 25.1 Å². The van der Waals surface area contributed by atoms with Crippen molar-refractivity contribution >= 4 is 73.9 Å². The maximum atomic E-state index is 13.7. The van der Waals surface area contributed by atoms with E-state index < -0.39 is 28.5 Å². The Morgan fingerprint density at radius 2 is 1.65 bits per heavy atom. The smallest absolute Gasteiger partial charge is 0.244 e. The molecule has 7 nitrogen and oxygen atoms in total. The zero-order valence-electron chi connectivity index (χ0n) is 20.5. The monoisotopic (exact) mass is 607 g/mol. The number of nitrogens with zero attached hydrogens (tertiary/aromatic N) is 2. The average molecular weight is 609 g/mol. The Balaban J connectivity index is 1.91. The molecule has 0 unspecified atom stereocenters. The molecule has 1 atom stereocenters. The second-order valence-electron chi connectivity index (χ2n) is 9.15. The van der Waals surface area contributed by atoms with E-state index in [1.165, 1.54) is 23.1 Å². The minimum Gasteiger partial charge on any atom is -0.352 e. The molecule has 12 heteroatoms. The first-order valence-electron chi connectivity index (χ1n) is 11.8. The Morgan fingerprint density at radius 3 is 2.24 bits per heavy atom. The van der Waals surface area contributed by atoms with Crippen molar-refractivity contribution in [1.29, 1.82) is 0 Å². The van der Waals surface area contributed by atoms with Crippen LogP contribution in [0.15, 0.2) is 36.4 Å². The molecule has 0 radical (unpaired) electrons. The van der Waals surface area contributed by atoms with E-state index in [9.17, 15) is 18.0 Å². The van der Waals surface area contributed by atoms with E-state index in [2.05, 4.69) is 5.32 Å². The SMILES string of the molecule is C[C@@H](C(=O)NC1CCCCC1)N(Cc1ccc(Cl)c(Cl)c1)C(=O)CN(c1ccc(Cl)cc1Cl)S(C)(=O)=O. The molecule has 0 heterocycles. The largest absolute Gasteiger partial charge is 0.352 e. The second-order valence-corrected chi connectivity index (χ2v) is 12.7. The van der Waals surface area contributed by atoms with Gasteiger partial charge in [0.15, 0.2) is 0 Å². The molecular weight excluding hydrogens is 580 g/mol. The average Bonchev–Trinajstić information content (AvgIpc) is 2.83. The molecule has 2 amide bonds. The van der Waals surface area contributed by atoms with Crippen LogP contribution in [-0.2, 0) is 26.2 Å². The molecule has 0 bridgehead atoms. The maximum Gasteiger partial charge on any atom is 0.244 e. The highest BCUT2D eigenvalue weighted by Crippen LogP contribution is 2.31. The van der Waals surface area contributed by atoms with Crippen LogP contribution in [0.25, 0.3) is 0 Å². The van der Waals surface area contributed by atoms with Crippen LogP contribution in [0, 0.1) is 0 Å². The summed E-state index contributed by atoms with van der Waals surface area (Å²) in [5.41, 5.74) is 0.742. The van der Waals surface area contributed by atoms with Crippen molar-refractivity contribution < 1.29 is 18.0 Å². The lowest BCUT2D eigenvalue weighted by Gasteiger charge is -2.33. The number of benzene rings is 2. The molecule has 0 saturated heterocycles. The number of hydrogen-bond donors (Lipinski definition) is 1. The molecule has 0 aromatic heterocycles. The maximum absolute atomic E-state index is 13.7. The van der Waals surface area contributed by atoms with Crippen LogP contribution in [0.4, 0.5) is 5.69 Å². The van der Waals surface area contributed by atoms with E-state index in [0.29, 0.717) is 20.6 Å². The Labute approximate surface area is 238 Å². The lowest BCUT2D eigenvalue weighted by atomic mass is 9.95. The van der Waals surface area contributed by atoms with Gasteiger partial charge in [0, 0.05) is 17.6 Å². The highest BCUT2D eigenvalue weighted by molar-refractivity contribution is 7.92. The minimum atomic E-state index is -3.92. The number of amides is 2. The van der Waals surface area contributed by atoms with E-state index in [-0.39, 0.29) is 29.2 Å². The quantitative estimate of drug-likeness (QED) is 0.382. The number of halogens is 4. The normalized spacial score (nSPS) is 15.2. The number of nitrogens with one attached hydrogen (secondary N) is 1. The van der Waals surface area contributed by atoms with Gasteiger partial charge < -0.3 is 10.2 Å². The molecule has 1 saturated carbocycles. The molecule has 3 rings (SSSR count). The van der Waals surface area contributed by atoms with Crippen molar-refractivity contribution in [3.8, 4) is 0 Å². The zero-order valence-corrected chi connectivity index (χ0v) is 24.4. The summed E-state index contributed by atoms with van der Waals surface area (Å²) in [5.74, 6) is -0.899. The summed E-state index contributed by atoms with van der Waals surface area (Å²) in [6, 6.07) is 8.39. The molecule has 2 aromatic rings. The number of sulfonamides is 1. The fourth-order valence-corrected chi connectivity index (χ4v) is 6.01. The fourth-order valence-electron chi connectivity index (χ4n) is 4.26. The van der Waals surface area contributed by atoms with Crippen LogP contribution in [0.3, 0.4) is 0 Å². The van der Waals surface area contributed by atoms with Crippen LogP contribution in [0.2, 0.25) is 20.1 Å². The van der Waals surface area contributed by atoms with Crippen molar-refractivity contribution in [2.24, 2.45) is 0 Å². The lowest BCUT2D eigenvalue weighted by Crippen LogP contribution is -2.53. The molecule has 202 valence electrons. The van der Waals surface area contributed by atoms with Crippen molar-refractivity contribution in [3.05, 3.63) is 62.1 Å². The third-order valence-electron chi connectivity index (χ3n) is 6.31. The third-order valence-corrected chi connectivity index (χ3v) is 8.72. The molecule has 1 N–H and O–H groups in total. The van der Waals surface area contributed by atoms with Gasteiger partial charge in [-0.05, 0) is 55.7 Å². The van der Waals surface area contributed by atoms with Gasteiger partial charge in [0.2, 0.25) is 21.8 Å². The van der Waals surface area contributed by atoms with Crippen molar-refractivity contribution in [2.45, 2.75) is 57.7 Å². The zero-order chi connectivity index (χ0) is 27.3. The Hall–Kier alpha value is -1.71. The molecular formula is C25H29Cl4N3O4S. The predicted molar refractivity (Wildman–Crippen MR) is 150 cm³/mol. The predicted octanol–water partition coefficient (Wildman–Crippen LogP) is 5.93. The first-order chi connectivity index (χ1) is 17.4. The summed E-state index contributed by atoms with van der Waals surface area (Å²) in [6.45, 7) is 1.07. The van der Waals surface area contributed by atoms with Crippen molar-refractivity contribution in [3.63, 3.8) is 0 Å². The number of carbonyl (C=O) groups excluding carboxylic acids is 2. The molecule has 1 aliphatic rings. The number of hydrogen-bond acceptors (Lipinski definition) is 4. The molecule has 1 aliphatic carbocycles. The summed E-state index contributed by atoms with van der Waals surface area (Å²) >= 11 is 24.5. The van der Waals surface area contributed by atoms with Gasteiger partial charge >= 0.3 is 0 Å². The molecule has 0 aliphatic heterocycles. The Bertz CT molecular complexity index is 1250. The van der Waals surface area contributed by atoms with Crippen molar-refractivity contribution in [2.75, 3.05) is 17.1 Å². The molecule has 37 heavy (non-hydrogen) atoms. The van der Waals surface area contributed by atoms with Gasteiger partial charge in [0.1, 0.15) is 12.6 Å². The summed E-state index contributed by atoms with van der Waals surface area (Å²) in [4.78, 5) is 28.2. The topological polar surface area (TPSA) is 86.8 Å². The van der Waals surface area contributed by atoms with Gasteiger partial charge in [0.05, 0.1) is 27.0 Å². The van der Waals surface area contributed by atoms with Gasteiger partial charge in [-0.3, -0.25) is 13.9 Å². The third kappa shape index (κ3) is 8.14. The van der Waals surface area contributed by atoms with Crippen LogP contribution in [0.5, 0.6) is 0 Å². The Morgan fingerprint density at radius 1 is 0.973 bits per heavy atom. The summed E-state index contributed by atoms with van der Waals surface area (Å²) in [5, 5.41) is 4.10. The van der Waals surface area contributed by atoms with Crippen LogP contribution in [-0.4, -0.2) is 50.0 Å². The van der Waals surface area contributed by atoms with Gasteiger partial charge in [-0.25, -0.2) is 8.42 Å². The second kappa shape index (κ2) is 12.9. The number of rotatable bonds is 9. The van der Waals surface area contributed by atoms with E-state index in [0.717, 1.165) is 42.7 Å². The highest BCUT2D eigenvalue weighted by atomic mass is 35.5. The first-order valence-corrected chi connectivity index (χ1v) is 15.2. The van der Waals surface area contributed by atoms with Crippen LogP contribution in [0.1, 0.15) is 44.6 Å². The first kappa shape index (κ1) is 29.8. The molecule has 1 fully saturated rings. The van der Waals surface area contributed by atoms with Gasteiger partial charge in [-0.2, -0.15) is 0 Å². The van der Waals surface area contributed by atoms with Gasteiger partial charge in [-0.15, -0.1) is 0 Å². The van der Waals surface area contributed by atoms with Gasteiger partial charge in [0.25, 0.3) is 0 Å². The Kier molecular flexibility index (Phi) is 10.4. The lowest BCUT2D eigenvalue weighted by molar-refractivity contribution is -0.139. The molecule has 2 aromatic carbocycles. The van der Waals surface area contributed by atoms with Crippen LogP contribution >= 0.6 is 46.4 Å². The summed E-state index contributed by atoms with van der Waals surface area (Å²) in [7, 11) is -3.92. The molecule has 0 spiro atoms. The van der Waals surface area contributed by atoms with Gasteiger partial charge in [-0.1, -0.05) is 71.7 Å². The highest BCUT2D eigenvalue weighted by Gasteiger charge is 2.32. The summed E-state index contributed by atoms with van der Waals surface area (Å²) in [6.07, 6.45) is 5.96. The van der Waals surface area contributed by atoms with Crippen LogP contribution < -0.4 is 9.62 Å². The van der Waals surface area contributed by atoms with E-state index in [1.807, 2.05) is 0 Å². The van der Waals surface area contributed by atoms with E-state index >= 15 is 0 Å². The fraction of sp³-hybridized carbons (Fsp3) is 0.440. The van der Waals surface area contributed by atoms with E-state index in [4.69, 9.17) is 46.4 Å². The van der Waals surface area contributed by atoms with Crippen molar-refractivity contribution in [1.82, 2.24) is 10.2 Å². The standard InChI is InChI=1S/C25H29Cl4N3O4S/c1-16(25(34)30-19-6-4-3-5-7-19)31(14-17-8-10-20(27)21(28)12-17)24(33)15-32(37(2,35)36)23-11-9-18(26)13-22(23)29/h8-13,16,19H,3-7,14-15H2,1-2H3,(H,30,34)/t16-/m0/s1. The summed E-state index contributed by atoms with van der Waals surface area (Å²) < 4.78 is 26.3. The number of anilines is 1.